The topological polar surface area (TPSA) is 80.5 Å². The number of likely N-dealkylation sites (tertiary alicyclic amines) is 1. The Morgan fingerprint density at radius 1 is 1.17 bits per heavy atom. The third-order valence-corrected chi connectivity index (χ3v) is 7.59. The number of rotatable bonds is 12. The highest BCUT2D eigenvalue weighted by Crippen LogP contribution is 2.32. The molecule has 0 aliphatic carbocycles. The Kier molecular flexibility index (Phi) is 8.74. The molecule has 7 heteroatoms. The molecule has 1 saturated heterocycles. The Hall–Kier alpha value is -2.93. The van der Waals surface area contributed by atoms with Crippen molar-refractivity contribution in [1.82, 2.24) is 19.4 Å². The van der Waals surface area contributed by atoms with Crippen LogP contribution in [0.4, 0.5) is 0 Å². The minimum Gasteiger partial charge on any atom is -0.497 e. The number of aliphatic carboxylic acids is 1. The van der Waals surface area contributed by atoms with Crippen LogP contribution in [0.15, 0.2) is 43.0 Å². The molecule has 2 unspecified atom stereocenters. The largest absolute Gasteiger partial charge is 0.497 e. The van der Waals surface area contributed by atoms with Gasteiger partial charge in [0.1, 0.15) is 5.75 Å². The monoisotopic (exact) mass is 478 g/mol. The average Bonchev–Trinajstić information content (AvgIpc) is 3.28. The Labute approximate surface area is 208 Å². The maximum absolute atomic E-state index is 11.3. The van der Waals surface area contributed by atoms with E-state index >= 15 is 0 Å². The molecule has 0 saturated carbocycles. The summed E-state index contributed by atoms with van der Waals surface area (Å²) in [5.41, 5.74) is 3.58. The van der Waals surface area contributed by atoms with Crippen LogP contribution in [0.5, 0.6) is 5.75 Å². The number of piperidine rings is 1. The molecule has 0 bridgehead atoms. The first-order chi connectivity index (χ1) is 17.0. The van der Waals surface area contributed by atoms with Crippen molar-refractivity contribution in [2.75, 3.05) is 26.7 Å². The first-order valence-electron chi connectivity index (χ1n) is 12.8. The van der Waals surface area contributed by atoms with Crippen molar-refractivity contribution >= 4 is 16.9 Å². The number of pyridine rings is 1. The maximum atomic E-state index is 11.3. The van der Waals surface area contributed by atoms with E-state index < -0.39 is 5.97 Å². The highest BCUT2D eigenvalue weighted by molar-refractivity contribution is 5.83. The Morgan fingerprint density at radius 3 is 2.83 bits per heavy atom. The fourth-order valence-corrected chi connectivity index (χ4v) is 5.57. The predicted octanol–water partition coefficient (Wildman–Crippen LogP) is 4.74. The molecule has 0 spiro atoms. The Morgan fingerprint density at radius 2 is 2.06 bits per heavy atom. The van der Waals surface area contributed by atoms with Crippen LogP contribution in [0, 0.1) is 11.8 Å². The normalized spacial score (nSPS) is 18.7. The summed E-state index contributed by atoms with van der Waals surface area (Å²) >= 11 is 0. The number of imidazole rings is 1. The molecule has 1 aliphatic heterocycles. The molecule has 35 heavy (non-hydrogen) atoms. The van der Waals surface area contributed by atoms with Gasteiger partial charge >= 0.3 is 5.97 Å². The van der Waals surface area contributed by atoms with E-state index in [1.807, 2.05) is 37.9 Å². The zero-order valence-electron chi connectivity index (χ0n) is 21.0. The molecule has 1 aromatic carbocycles. The number of aromatic nitrogens is 3. The van der Waals surface area contributed by atoms with E-state index in [1.165, 1.54) is 11.3 Å². The fourth-order valence-electron chi connectivity index (χ4n) is 5.57. The van der Waals surface area contributed by atoms with E-state index in [4.69, 9.17) is 4.74 Å². The number of carbonyl (C=O) groups is 1. The standard InChI is InChI=1S/C28H38N4O3/c1-31-20-29-18-24(31)7-4-15-32-16-13-21(23(19-32)8-11-28(33)34)5-3-6-22-12-14-30-27-10-9-25(35-2)17-26(22)27/h9-10,12,14,17-18,20-21,23H,3-8,11,13,15-16,19H2,1-2H3,(H,33,34). The molecule has 2 atom stereocenters. The SMILES string of the molecule is COc1ccc2nccc(CCCC3CCN(CCCc4cncn4C)CC3CCC(=O)O)c2c1. The number of benzene rings is 1. The highest BCUT2D eigenvalue weighted by atomic mass is 16.5. The van der Waals surface area contributed by atoms with Gasteiger partial charge in [0.2, 0.25) is 0 Å². The molecule has 0 radical (unpaired) electrons. The van der Waals surface area contributed by atoms with Crippen molar-refractivity contribution in [1.29, 1.82) is 0 Å². The van der Waals surface area contributed by atoms with Gasteiger partial charge in [0.15, 0.2) is 0 Å². The lowest BCUT2D eigenvalue weighted by atomic mass is 9.79. The minimum atomic E-state index is -0.686. The molecule has 1 fully saturated rings. The van der Waals surface area contributed by atoms with Crippen molar-refractivity contribution in [2.24, 2.45) is 18.9 Å². The zero-order valence-corrected chi connectivity index (χ0v) is 21.0. The van der Waals surface area contributed by atoms with Gasteiger partial charge in [-0.25, -0.2) is 4.98 Å². The van der Waals surface area contributed by atoms with Crippen LogP contribution in [0.25, 0.3) is 10.9 Å². The molecule has 3 heterocycles. The number of methoxy groups -OCH3 is 1. The molecule has 1 aliphatic rings. The van der Waals surface area contributed by atoms with Crippen molar-refractivity contribution in [3.05, 3.63) is 54.2 Å². The summed E-state index contributed by atoms with van der Waals surface area (Å²) < 4.78 is 7.50. The Balaban J connectivity index is 1.32. The molecule has 0 amide bonds. The number of hydrogen-bond acceptors (Lipinski definition) is 5. The molecular formula is C28H38N4O3. The lowest BCUT2D eigenvalue weighted by Crippen LogP contribution is -2.41. The van der Waals surface area contributed by atoms with E-state index in [0.29, 0.717) is 11.8 Å². The van der Waals surface area contributed by atoms with Crippen molar-refractivity contribution in [2.45, 2.75) is 51.4 Å². The molecule has 4 rings (SSSR count). The zero-order chi connectivity index (χ0) is 24.6. The van der Waals surface area contributed by atoms with Crippen LogP contribution in [-0.2, 0) is 24.7 Å². The molecule has 1 N–H and O–H groups in total. The van der Waals surface area contributed by atoms with Crippen LogP contribution in [0.2, 0.25) is 0 Å². The van der Waals surface area contributed by atoms with Gasteiger partial charge in [0, 0.05) is 43.5 Å². The quantitative estimate of drug-likeness (QED) is 0.405. The van der Waals surface area contributed by atoms with E-state index in [0.717, 1.165) is 81.2 Å². The van der Waals surface area contributed by atoms with Gasteiger partial charge in [-0.2, -0.15) is 0 Å². The summed E-state index contributed by atoms with van der Waals surface area (Å²) in [6.45, 7) is 3.18. The first kappa shape index (κ1) is 25.2. The Bertz CT molecular complexity index is 1110. The second-order valence-corrected chi connectivity index (χ2v) is 9.89. The number of carboxylic acids is 1. The molecule has 3 aromatic rings. The van der Waals surface area contributed by atoms with Gasteiger partial charge in [-0.1, -0.05) is 0 Å². The highest BCUT2D eigenvalue weighted by Gasteiger charge is 2.29. The van der Waals surface area contributed by atoms with Crippen LogP contribution in [0.3, 0.4) is 0 Å². The van der Waals surface area contributed by atoms with Gasteiger partial charge in [-0.15, -0.1) is 0 Å². The van der Waals surface area contributed by atoms with E-state index in [1.54, 1.807) is 7.11 Å². The second-order valence-electron chi connectivity index (χ2n) is 9.89. The maximum Gasteiger partial charge on any atom is 0.303 e. The van der Waals surface area contributed by atoms with Crippen LogP contribution < -0.4 is 4.74 Å². The summed E-state index contributed by atoms with van der Waals surface area (Å²) in [5.74, 6) is 1.21. The number of carboxylic acid groups (broad SMARTS) is 1. The smallest absolute Gasteiger partial charge is 0.303 e. The summed E-state index contributed by atoms with van der Waals surface area (Å²) in [4.78, 5) is 22.6. The number of fused-ring (bicyclic) bond motifs is 1. The lowest BCUT2D eigenvalue weighted by molar-refractivity contribution is -0.137. The van der Waals surface area contributed by atoms with Gasteiger partial charge in [-0.05, 0) is 99.7 Å². The number of nitrogens with zero attached hydrogens (tertiary/aromatic N) is 4. The van der Waals surface area contributed by atoms with E-state index in [9.17, 15) is 9.90 Å². The molecule has 188 valence electrons. The fraction of sp³-hybridized carbons (Fsp3) is 0.536. The molecule has 2 aromatic heterocycles. The molecular weight excluding hydrogens is 440 g/mol. The first-order valence-corrected chi connectivity index (χ1v) is 12.8. The third kappa shape index (κ3) is 6.82. The van der Waals surface area contributed by atoms with Crippen molar-refractivity contribution < 1.29 is 14.6 Å². The van der Waals surface area contributed by atoms with Crippen molar-refractivity contribution in [3.63, 3.8) is 0 Å². The van der Waals surface area contributed by atoms with Crippen molar-refractivity contribution in [3.8, 4) is 5.75 Å². The van der Waals surface area contributed by atoms with Gasteiger partial charge in [0.05, 0.1) is 19.0 Å². The predicted molar refractivity (Wildman–Crippen MR) is 138 cm³/mol. The van der Waals surface area contributed by atoms with Crippen LogP contribution in [-0.4, -0.2) is 57.3 Å². The van der Waals surface area contributed by atoms with E-state index in [-0.39, 0.29) is 6.42 Å². The number of aryl methyl sites for hydroxylation is 3. The average molecular weight is 479 g/mol. The van der Waals surface area contributed by atoms with Gasteiger partial charge in [0.25, 0.3) is 0 Å². The van der Waals surface area contributed by atoms with Gasteiger partial charge in [-0.3, -0.25) is 9.78 Å². The second kappa shape index (κ2) is 12.2. The molecule has 7 nitrogen and oxygen atoms in total. The summed E-state index contributed by atoms with van der Waals surface area (Å²) in [5, 5.41) is 10.5. The lowest BCUT2D eigenvalue weighted by Gasteiger charge is -2.39. The third-order valence-electron chi connectivity index (χ3n) is 7.59. The van der Waals surface area contributed by atoms with E-state index in [2.05, 4.69) is 31.6 Å². The van der Waals surface area contributed by atoms with Crippen LogP contribution >= 0.6 is 0 Å². The van der Waals surface area contributed by atoms with Crippen LogP contribution in [0.1, 0.15) is 49.8 Å². The summed E-state index contributed by atoms with van der Waals surface area (Å²) in [6, 6.07) is 8.17. The number of hydrogen-bond donors (Lipinski definition) is 1. The minimum absolute atomic E-state index is 0.263. The van der Waals surface area contributed by atoms with Gasteiger partial charge < -0.3 is 19.3 Å². The summed E-state index contributed by atoms with van der Waals surface area (Å²) in [7, 11) is 3.74. The number of ether oxygens (including phenoxy) is 1. The summed E-state index contributed by atoms with van der Waals surface area (Å²) in [6.07, 6.45) is 13.3.